The number of nitrogens with zero attached hydrogens (tertiary/aromatic N) is 2. The second kappa shape index (κ2) is 9.62. The summed E-state index contributed by atoms with van der Waals surface area (Å²) in [4.78, 5) is 35.6. The summed E-state index contributed by atoms with van der Waals surface area (Å²) in [7, 11) is 0. The minimum atomic E-state index is -0.714. The van der Waals surface area contributed by atoms with E-state index in [1.165, 1.54) is 11.3 Å². The van der Waals surface area contributed by atoms with Crippen molar-refractivity contribution in [2.45, 2.75) is 33.7 Å². The van der Waals surface area contributed by atoms with Gasteiger partial charge in [-0.05, 0) is 45.9 Å². The van der Waals surface area contributed by atoms with Gasteiger partial charge in [0.15, 0.2) is 4.80 Å². The first-order valence-corrected chi connectivity index (χ1v) is 12.7. The van der Waals surface area contributed by atoms with E-state index in [0.717, 1.165) is 22.2 Å². The molecule has 1 aliphatic rings. The fraction of sp³-hybridized carbons (Fsp3) is 0.250. The van der Waals surface area contributed by atoms with Crippen molar-refractivity contribution in [1.29, 1.82) is 0 Å². The summed E-state index contributed by atoms with van der Waals surface area (Å²) in [5, 5.41) is 1.04. The highest BCUT2D eigenvalue weighted by molar-refractivity contribution is 7.07. The first-order valence-electron chi connectivity index (χ1n) is 11.9. The highest BCUT2D eigenvalue weighted by atomic mass is 32.1. The van der Waals surface area contributed by atoms with Gasteiger partial charge in [0.05, 0.1) is 29.0 Å². The number of aromatic amines is 1. The van der Waals surface area contributed by atoms with Gasteiger partial charge in [-0.15, -0.1) is 0 Å². The molecular weight excluding hydrogens is 474 g/mol. The van der Waals surface area contributed by atoms with Crippen molar-refractivity contribution in [3.05, 3.63) is 96.3 Å². The van der Waals surface area contributed by atoms with Crippen LogP contribution >= 0.6 is 11.3 Å². The van der Waals surface area contributed by atoms with Crippen molar-refractivity contribution >= 4 is 34.3 Å². The number of carbonyl (C=O) groups excluding carboxylic acids is 1. The lowest BCUT2D eigenvalue weighted by Gasteiger charge is -2.26. The number of ether oxygens (including phenoxy) is 2. The molecule has 3 heterocycles. The van der Waals surface area contributed by atoms with Crippen molar-refractivity contribution in [1.82, 2.24) is 9.55 Å². The monoisotopic (exact) mass is 501 g/mol. The first kappa shape index (κ1) is 23.8. The zero-order valence-electron chi connectivity index (χ0n) is 20.6. The van der Waals surface area contributed by atoms with Gasteiger partial charge >= 0.3 is 5.97 Å². The predicted molar refractivity (Wildman–Crippen MR) is 141 cm³/mol. The molecule has 0 fully saturated rings. The van der Waals surface area contributed by atoms with E-state index in [9.17, 15) is 9.59 Å². The molecule has 0 aliphatic carbocycles. The van der Waals surface area contributed by atoms with E-state index in [1.54, 1.807) is 18.4 Å². The average molecular weight is 502 g/mol. The number of para-hydroxylation sites is 2. The molecule has 0 unspecified atom stereocenters. The zero-order chi connectivity index (χ0) is 25.4. The number of H-pyrrole nitrogens is 1. The molecule has 1 N–H and O–H groups in total. The average Bonchev–Trinajstić information content (AvgIpc) is 3.34. The summed E-state index contributed by atoms with van der Waals surface area (Å²) in [6.45, 7) is 8.11. The molecule has 8 heteroatoms. The molecule has 4 aromatic rings. The second-order valence-electron chi connectivity index (χ2n) is 8.48. The van der Waals surface area contributed by atoms with Crippen molar-refractivity contribution < 1.29 is 14.3 Å². The smallest absolute Gasteiger partial charge is 0.338 e. The molecule has 184 valence electrons. The lowest BCUT2D eigenvalue weighted by molar-refractivity contribution is -0.139. The quantitative estimate of drug-likeness (QED) is 0.405. The van der Waals surface area contributed by atoms with Crippen LogP contribution in [0, 0.1) is 6.92 Å². The molecule has 1 aliphatic heterocycles. The molecule has 0 saturated carbocycles. The van der Waals surface area contributed by atoms with E-state index in [1.807, 2.05) is 68.5 Å². The molecule has 1 atom stereocenters. The Bertz CT molecular complexity index is 1690. The van der Waals surface area contributed by atoms with Crippen molar-refractivity contribution in [2.24, 2.45) is 4.99 Å². The highest BCUT2D eigenvalue weighted by Crippen LogP contribution is 2.35. The molecule has 7 nitrogen and oxygen atoms in total. The fourth-order valence-corrected chi connectivity index (χ4v) is 5.72. The van der Waals surface area contributed by atoms with E-state index < -0.39 is 12.0 Å². The second-order valence-corrected chi connectivity index (χ2v) is 9.49. The lowest BCUT2D eigenvalue weighted by Crippen LogP contribution is -2.40. The number of esters is 1. The van der Waals surface area contributed by atoms with Gasteiger partial charge in [-0.25, -0.2) is 9.79 Å². The molecule has 5 rings (SSSR count). The third kappa shape index (κ3) is 3.97. The van der Waals surface area contributed by atoms with Gasteiger partial charge < -0.3 is 14.5 Å². The van der Waals surface area contributed by atoms with Crippen LogP contribution in [0.1, 0.15) is 43.6 Å². The molecule has 36 heavy (non-hydrogen) atoms. The van der Waals surface area contributed by atoms with Gasteiger partial charge in [0, 0.05) is 27.7 Å². The molecular formula is C28H27N3O4S. The van der Waals surface area contributed by atoms with Crippen LogP contribution in [-0.4, -0.2) is 28.7 Å². The minimum absolute atomic E-state index is 0.214. The molecule has 0 saturated heterocycles. The number of hydrogen-bond donors (Lipinski definition) is 1. The summed E-state index contributed by atoms with van der Waals surface area (Å²) in [6, 6.07) is 14.8. The summed E-state index contributed by atoms with van der Waals surface area (Å²) in [5.74, 6) is 0.125. The number of thiazole rings is 1. The summed E-state index contributed by atoms with van der Waals surface area (Å²) in [6.07, 6.45) is 1.91. The number of rotatable bonds is 6. The van der Waals surface area contributed by atoms with Gasteiger partial charge in [-0.3, -0.25) is 9.36 Å². The van der Waals surface area contributed by atoms with Crippen LogP contribution in [0.2, 0.25) is 0 Å². The Hall–Kier alpha value is -3.91. The largest absolute Gasteiger partial charge is 0.494 e. The van der Waals surface area contributed by atoms with Gasteiger partial charge in [-0.1, -0.05) is 47.7 Å². The van der Waals surface area contributed by atoms with Crippen LogP contribution in [-0.2, 0) is 9.53 Å². The maximum Gasteiger partial charge on any atom is 0.338 e. The number of aromatic nitrogens is 2. The van der Waals surface area contributed by atoms with E-state index >= 15 is 0 Å². The van der Waals surface area contributed by atoms with Crippen LogP contribution < -0.4 is 19.6 Å². The number of benzene rings is 2. The summed E-state index contributed by atoms with van der Waals surface area (Å²) < 4.78 is 13.4. The molecule has 2 aromatic carbocycles. The van der Waals surface area contributed by atoms with Crippen LogP contribution in [0.25, 0.3) is 17.0 Å². The van der Waals surface area contributed by atoms with Gasteiger partial charge in [-0.2, -0.15) is 0 Å². The topological polar surface area (TPSA) is 85.7 Å². The van der Waals surface area contributed by atoms with E-state index in [0.29, 0.717) is 38.5 Å². The third-order valence-electron chi connectivity index (χ3n) is 6.25. The standard InChI is InChI=1S/C28H27N3O4S/c1-5-34-22-14-10-8-12-19(22)25-24(27(33)35-6-2)17(4)30-28-31(25)26(32)23(36-28)15-20-16(3)29-21-13-9-7-11-18(20)21/h7-15,25,29H,5-6H2,1-4H3/b23-15-/t25-/m1/s1. The zero-order valence-corrected chi connectivity index (χ0v) is 21.4. The molecule has 0 spiro atoms. The van der Waals surface area contributed by atoms with E-state index in [2.05, 4.69) is 9.98 Å². The summed E-state index contributed by atoms with van der Waals surface area (Å²) in [5.41, 5.74) is 4.32. The molecule has 0 bridgehead atoms. The molecule has 0 amide bonds. The molecule has 2 aromatic heterocycles. The Morgan fingerprint density at radius 1 is 1.11 bits per heavy atom. The number of aryl methyl sites for hydroxylation is 1. The third-order valence-corrected chi connectivity index (χ3v) is 7.23. The van der Waals surface area contributed by atoms with E-state index in [-0.39, 0.29) is 12.2 Å². The minimum Gasteiger partial charge on any atom is -0.494 e. The van der Waals surface area contributed by atoms with Gasteiger partial charge in [0.25, 0.3) is 5.56 Å². The highest BCUT2D eigenvalue weighted by Gasteiger charge is 2.35. The number of allylic oxidation sites excluding steroid dienone is 1. The maximum atomic E-state index is 13.9. The van der Waals surface area contributed by atoms with Crippen LogP contribution in [0.15, 0.2) is 69.6 Å². The maximum absolute atomic E-state index is 13.9. The fourth-order valence-electron chi connectivity index (χ4n) is 4.69. The van der Waals surface area contributed by atoms with Crippen molar-refractivity contribution in [3.8, 4) is 5.75 Å². The van der Waals surface area contributed by atoms with Crippen molar-refractivity contribution in [3.63, 3.8) is 0 Å². The number of hydrogen-bond acceptors (Lipinski definition) is 6. The van der Waals surface area contributed by atoms with Crippen LogP contribution in [0.3, 0.4) is 0 Å². The van der Waals surface area contributed by atoms with Gasteiger partial charge in [0.2, 0.25) is 0 Å². The number of nitrogens with one attached hydrogen (secondary N) is 1. The SMILES string of the molecule is CCOC(=O)C1=C(C)N=c2s/c(=C\c3c(C)[nH]c4ccccc34)c(=O)n2[C@@H]1c1ccccc1OCC. The number of fused-ring (bicyclic) bond motifs is 2. The predicted octanol–water partition coefficient (Wildman–Crippen LogP) is 3.99. The Balaban J connectivity index is 1.78. The number of carbonyl (C=O) groups is 1. The van der Waals surface area contributed by atoms with Crippen LogP contribution in [0.4, 0.5) is 0 Å². The van der Waals surface area contributed by atoms with E-state index in [4.69, 9.17) is 9.47 Å². The first-order chi connectivity index (χ1) is 17.4. The lowest BCUT2D eigenvalue weighted by atomic mass is 9.95. The molecule has 0 radical (unpaired) electrons. The van der Waals surface area contributed by atoms with Crippen LogP contribution in [0.5, 0.6) is 5.75 Å². The Morgan fingerprint density at radius 2 is 1.86 bits per heavy atom. The Kier molecular flexibility index (Phi) is 6.36. The Labute approximate surface area is 212 Å². The van der Waals surface area contributed by atoms with Crippen molar-refractivity contribution in [2.75, 3.05) is 13.2 Å². The Morgan fingerprint density at radius 3 is 2.64 bits per heavy atom. The van der Waals surface area contributed by atoms with Gasteiger partial charge in [0.1, 0.15) is 11.8 Å². The normalized spacial score (nSPS) is 15.7. The summed E-state index contributed by atoms with van der Waals surface area (Å²) >= 11 is 1.31.